The predicted octanol–water partition coefficient (Wildman–Crippen LogP) is 7.85. The van der Waals surface area contributed by atoms with E-state index in [2.05, 4.69) is 4.90 Å². The summed E-state index contributed by atoms with van der Waals surface area (Å²) in [6, 6.07) is 16.5. The third kappa shape index (κ3) is 5.52. The van der Waals surface area contributed by atoms with Crippen LogP contribution in [0.1, 0.15) is 16.7 Å². The fourth-order valence-corrected chi connectivity index (χ4v) is 4.74. The van der Waals surface area contributed by atoms with Crippen molar-refractivity contribution >= 4 is 28.1 Å². The number of alkyl halides is 6. The molecule has 1 aromatic heterocycles. The molecule has 1 saturated heterocycles. The van der Waals surface area contributed by atoms with E-state index in [1.165, 1.54) is 11.9 Å². The van der Waals surface area contributed by atoms with Crippen LogP contribution in [0.5, 0.6) is 0 Å². The molecule has 4 aromatic rings. The van der Waals surface area contributed by atoms with Crippen molar-refractivity contribution in [2.24, 2.45) is 0 Å². The van der Waals surface area contributed by atoms with Crippen molar-refractivity contribution in [1.29, 1.82) is 0 Å². The highest BCUT2D eigenvalue weighted by Gasteiger charge is 2.37. The van der Waals surface area contributed by atoms with Crippen LogP contribution in [0.25, 0.3) is 22.0 Å². The summed E-state index contributed by atoms with van der Waals surface area (Å²) in [6.45, 7) is 4.51. The number of fused-ring (bicyclic) bond motifs is 1. The standard InChI is InChI=1S/C29H25F6N3O/c1-18-5-3-4-6-23(18)24-17-27(38-9-11-39-12-10-38)36-26-8-7-21(16-25(24)26)37(2)22-14-19(28(30,31)32)13-20(15-22)29(33,34)35/h3-8,13-17H,9-12H2,1-2H3. The van der Waals surface area contributed by atoms with Crippen molar-refractivity contribution in [3.05, 3.63) is 83.4 Å². The molecule has 0 aliphatic carbocycles. The molecule has 0 spiro atoms. The lowest BCUT2D eigenvalue weighted by Crippen LogP contribution is -2.36. The number of hydrogen-bond acceptors (Lipinski definition) is 4. The van der Waals surface area contributed by atoms with E-state index < -0.39 is 23.5 Å². The first-order valence-electron chi connectivity index (χ1n) is 12.3. The monoisotopic (exact) mass is 545 g/mol. The summed E-state index contributed by atoms with van der Waals surface area (Å²) in [6.07, 6.45) is -9.86. The van der Waals surface area contributed by atoms with Crippen LogP contribution in [-0.4, -0.2) is 38.3 Å². The highest BCUT2D eigenvalue weighted by Crippen LogP contribution is 2.41. The number of rotatable bonds is 4. The Morgan fingerprint density at radius 1 is 0.769 bits per heavy atom. The Hall–Kier alpha value is -3.79. The van der Waals surface area contributed by atoms with Gasteiger partial charge in [0.1, 0.15) is 5.82 Å². The largest absolute Gasteiger partial charge is 0.416 e. The predicted molar refractivity (Wildman–Crippen MR) is 139 cm³/mol. The molecule has 1 aliphatic heterocycles. The smallest absolute Gasteiger partial charge is 0.378 e. The van der Waals surface area contributed by atoms with Gasteiger partial charge in [-0.25, -0.2) is 4.98 Å². The van der Waals surface area contributed by atoms with Gasteiger partial charge in [-0.2, -0.15) is 26.3 Å². The number of hydrogen-bond donors (Lipinski definition) is 0. The number of pyridine rings is 1. The zero-order valence-corrected chi connectivity index (χ0v) is 21.2. The van der Waals surface area contributed by atoms with Gasteiger partial charge in [-0.3, -0.25) is 0 Å². The number of aromatic nitrogens is 1. The van der Waals surface area contributed by atoms with E-state index in [1.807, 2.05) is 37.3 Å². The summed E-state index contributed by atoms with van der Waals surface area (Å²) in [5.41, 5.74) is 0.971. The maximum absolute atomic E-state index is 13.5. The molecule has 204 valence electrons. The van der Waals surface area contributed by atoms with Crippen LogP contribution in [0.2, 0.25) is 0 Å². The summed E-state index contributed by atoms with van der Waals surface area (Å²) < 4.78 is 86.3. The van der Waals surface area contributed by atoms with Crippen molar-refractivity contribution in [2.45, 2.75) is 19.3 Å². The van der Waals surface area contributed by atoms with Crippen LogP contribution in [0.3, 0.4) is 0 Å². The molecule has 0 bridgehead atoms. The molecule has 0 amide bonds. The van der Waals surface area contributed by atoms with E-state index in [0.29, 0.717) is 37.5 Å². The SMILES string of the molecule is Cc1ccccc1-c1cc(N2CCOCC2)nc2ccc(N(C)c3cc(C(F)(F)F)cc(C(F)(F)F)c3)cc12. The van der Waals surface area contributed by atoms with Crippen molar-refractivity contribution in [3.8, 4) is 11.1 Å². The first kappa shape index (κ1) is 26.8. The van der Waals surface area contributed by atoms with E-state index in [1.54, 1.807) is 18.2 Å². The lowest BCUT2D eigenvalue weighted by molar-refractivity contribution is -0.143. The van der Waals surface area contributed by atoms with Crippen molar-refractivity contribution in [2.75, 3.05) is 43.2 Å². The lowest BCUT2D eigenvalue weighted by atomic mass is 9.96. The van der Waals surface area contributed by atoms with E-state index in [9.17, 15) is 26.3 Å². The maximum atomic E-state index is 13.5. The highest BCUT2D eigenvalue weighted by molar-refractivity contribution is 5.99. The minimum atomic E-state index is -4.93. The minimum absolute atomic E-state index is 0.130. The molecule has 1 aliphatic rings. The van der Waals surface area contributed by atoms with Gasteiger partial charge in [0.15, 0.2) is 0 Å². The van der Waals surface area contributed by atoms with Crippen LogP contribution >= 0.6 is 0 Å². The second-order valence-electron chi connectivity index (χ2n) is 9.47. The molecular formula is C29H25F6N3O. The Kier molecular flexibility index (Phi) is 6.92. The third-order valence-electron chi connectivity index (χ3n) is 6.90. The maximum Gasteiger partial charge on any atom is 0.416 e. The molecule has 0 unspecified atom stereocenters. The van der Waals surface area contributed by atoms with Gasteiger partial charge in [-0.1, -0.05) is 24.3 Å². The fraction of sp³-hybridized carbons (Fsp3) is 0.276. The van der Waals surface area contributed by atoms with Gasteiger partial charge in [-0.05, 0) is 66.1 Å². The van der Waals surface area contributed by atoms with Gasteiger partial charge in [0.2, 0.25) is 0 Å². The molecule has 2 heterocycles. The number of anilines is 3. The number of nitrogens with zero attached hydrogens (tertiary/aromatic N) is 3. The molecule has 4 nitrogen and oxygen atoms in total. The Morgan fingerprint density at radius 2 is 1.41 bits per heavy atom. The van der Waals surface area contributed by atoms with E-state index in [4.69, 9.17) is 9.72 Å². The summed E-state index contributed by atoms with van der Waals surface area (Å²) in [4.78, 5) is 8.29. The average molecular weight is 546 g/mol. The molecule has 0 saturated carbocycles. The average Bonchev–Trinajstić information content (AvgIpc) is 2.91. The number of ether oxygens (including phenoxy) is 1. The zero-order valence-electron chi connectivity index (χ0n) is 21.2. The molecule has 39 heavy (non-hydrogen) atoms. The first-order valence-corrected chi connectivity index (χ1v) is 12.3. The molecule has 0 N–H and O–H groups in total. The molecule has 10 heteroatoms. The normalized spacial score (nSPS) is 14.6. The van der Waals surface area contributed by atoms with Crippen LogP contribution < -0.4 is 9.80 Å². The van der Waals surface area contributed by atoms with Crippen molar-refractivity contribution in [3.63, 3.8) is 0 Å². The number of morpholine rings is 1. The van der Waals surface area contributed by atoms with Crippen LogP contribution in [0.15, 0.2) is 66.7 Å². The lowest BCUT2D eigenvalue weighted by Gasteiger charge is -2.29. The topological polar surface area (TPSA) is 28.6 Å². The second kappa shape index (κ2) is 10.1. The summed E-state index contributed by atoms with van der Waals surface area (Å²) >= 11 is 0. The van der Waals surface area contributed by atoms with Gasteiger partial charge in [0.05, 0.1) is 29.9 Å². The second-order valence-corrected chi connectivity index (χ2v) is 9.47. The van der Waals surface area contributed by atoms with E-state index in [-0.39, 0.29) is 11.8 Å². The number of aryl methyl sites for hydroxylation is 1. The van der Waals surface area contributed by atoms with Gasteiger partial charge >= 0.3 is 12.4 Å². The van der Waals surface area contributed by atoms with Gasteiger partial charge in [0, 0.05) is 36.9 Å². The van der Waals surface area contributed by atoms with Crippen LogP contribution in [0, 0.1) is 6.92 Å². The van der Waals surface area contributed by atoms with E-state index in [0.717, 1.165) is 40.0 Å². The van der Waals surface area contributed by atoms with E-state index >= 15 is 0 Å². The Balaban J connectivity index is 1.66. The Labute approximate surface area is 221 Å². The molecule has 5 rings (SSSR count). The summed E-state index contributed by atoms with van der Waals surface area (Å²) in [7, 11) is 1.44. The van der Waals surface area contributed by atoms with Crippen molar-refractivity contribution < 1.29 is 31.1 Å². The first-order chi connectivity index (χ1) is 18.4. The molecule has 3 aromatic carbocycles. The Morgan fingerprint density at radius 3 is 2.03 bits per heavy atom. The summed E-state index contributed by atoms with van der Waals surface area (Å²) in [5.74, 6) is 0.776. The molecular weight excluding hydrogens is 520 g/mol. The van der Waals surface area contributed by atoms with Crippen LogP contribution in [-0.2, 0) is 17.1 Å². The van der Waals surface area contributed by atoms with Gasteiger partial charge < -0.3 is 14.5 Å². The quantitative estimate of drug-likeness (QED) is 0.244. The fourth-order valence-electron chi connectivity index (χ4n) is 4.74. The third-order valence-corrected chi connectivity index (χ3v) is 6.90. The highest BCUT2D eigenvalue weighted by atomic mass is 19.4. The van der Waals surface area contributed by atoms with Crippen molar-refractivity contribution in [1.82, 2.24) is 4.98 Å². The Bertz CT molecular complexity index is 1480. The zero-order chi connectivity index (χ0) is 27.9. The van der Waals surface area contributed by atoms with Crippen LogP contribution in [0.4, 0.5) is 43.5 Å². The number of halogens is 6. The minimum Gasteiger partial charge on any atom is -0.378 e. The molecule has 1 fully saturated rings. The summed E-state index contributed by atoms with van der Waals surface area (Å²) in [5, 5.41) is 0.730. The van der Waals surface area contributed by atoms with Gasteiger partial charge in [-0.15, -0.1) is 0 Å². The molecule has 0 radical (unpaired) electrons. The number of benzene rings is 3. The van der Waals surface area contributed by atoms with Gasteiger partial charge in [0.25, 0.3) is 0 Å². The molecule has 0 atom stereocenters.